The summed E-state index contributed by atoms with van der Waals surface area (Å²) in [5, 5.41) is 12.4. The molecule has 2 aromatic heterocycles. The third kappa shape index (κ3) is 2.79. The van der Waals surface area contributed by atoms with Crippen molar-refractivity contribution in [3.05, 3.63) is 53.2 Å². The zero-order chi connectivity index (χ0) is 18.4. The molecule has 0 amide bonds. The molecule has 1 N–H and O–H groups in total. The molecule has 3 heterocycles. The maximum Gasteiger partial charge on any atom is 0.234 e. The van der Waals surface area contributed by atoms with E-state index in [1.807, 2.05) is 11.6 Å². The monoisotopic (exact) mass is 363 g/mol. The minimum absolute atomic E-state index is 0.0482. The first-order valence-electron chi connectivity index (χ1n) is 9.79. The third-order valence-electron chi connectivity index (χ3n) is 6.26. The van der Waals surface area contributed by atoms with Gasteiger partial charge in [-0.25, -0.2) is 0 Å². The van der Waals surface area contributed by atoms with Crippen molar-refractivity contribution in [1.82, 2.24) is 25.2 Å². The van der Waals surface area contributed by atoms with Crippen molar-refractivity contribution in [2.75, 3.05) is 13.1 Å². The van der Waals surface area contributed by atoms with Crippen molar-refractivity contribution in [2.45, 2.75) is 45.1 Å². The van der Waals surface area contributed by atoms with Gasteiger partial charge >= 0.3 is 0 Å². The number of fused-ring (bicyclic) bond motifs is 1. The molecule has 6 heteroatoms. The van der Waals surface area contributed by atoms with Gasteiger partial charge in [0.25, 0.3) is 0 Å². The Morgan fingerprint density at radius 1 is 1.30 bits per heavy atom. The average molecular weight is 363 g/mol. The van der Waals surface area contributed by atoms with Crippen LogP contribution >= 0.6 is 0 Å². The molecule has 0 bridgehead atoms. The molecule has 5 rings (SSSR count). The zero-order valence-corrected chi connectivity index (χ0v) is 15.9. The van der Waals surface area contributed by atoms with E-state index in [9.17, 15) is 0 Å². The Morgan fingerprint density at radius 2 is 2.22 bits per heavy atom. The molecule has 2 aliphatic rings. The van der Waals surface area contributed by atoms with E-state index in [2.05, 4.69) is 52.8 Å². The Balaban J connectivity index is 1.43. The second kappa shape index (κ2) is 6.30. The van der Waals surface area contributed by atoms with Crippen molar-refractivity contribution >= 4 is 0 Å². The predicted octanol–water partition coefficient (Wildman–Crippen LogP) is 3.24. The summed E-state index contributed by atoms with van der Waals surface area (Å²) in [6.45, 7) is 6.87. The highest BCUT2D eigenvalue weighted by molar-refractivity contribution is 5.55. The highest BCUT2D eigenvalue weighted by Crippen LogP contribution is 2.47. The molecule has 6 nitrogen and oxygen atoms in total. The van der Waals surface area contributed by atoms with Gasteiger partial charge in [0, 0.05) is 17.8 Å². The number of nitrogens with zero attached hydrogens (tertiary/aromatic N) is 4. The van der Waals surface area contributed by atoms with E-state index in [1.54, 1.807) is 0 Å². The van der Waals surface area contributed by atoms with Gasteiger partial charge in [0.15, 0.2) is 0 Å². The lowest BCUT2D eigenvalue weighted by Crippen LogP contribution is -2.31. The quantitative estimate of drug-likeness (QED) is 0.771. The van der Waals surface area contributed by atoms with Gasteiger partial charge in [-0.05, 0) is 56.8 Å². The van der Waals surface area contributed by atoms with Crippen molar-refractivity contribution in [3.63, 3.8) is 0 Å². The fourth-order valence-electron chi connectivity index (χ4n) is 4.86. The fraction of sp³-hybridized carbons (Fsp3) is 0.476. The van der Waals surface area contributed by atoms with E-state index in [0.29, 0.717) is 11.7 Å². The molecule has 0 radical (unpaired) electrons. The summed E-state index contributed by atoms with van der Waals surface area (Å²) in [5.41, 5.74) is 4.44. The first-order valence-corrected chi connectivity index (χ1v) is 9.79. The number of benzene rings is 1. The smallest absolute Gasteiger partial charge is 0.234 e. The fourth-order valence-corrected chi connectivity index (χ4v) is 4.86. The standard InChI is InChI=1S/C21H25N5O/c1-14-9-15(2)26(24-14)12-16-5-3-6-17(10-16)19-23-20(27-25-19)21-8-4-7-18(21)11-22-13-21/h3,5-6,9-10,18,22H,4,7-8,11-13H2,1-2H3/t18-,21-/m1/s1. The van der Waals surface area contributed by atoms with Crippen LogP contribution in [0.25, 0.3) is 11.4 Å². The molecule has 1 aliphatic heterocycles. The van der Waals surface area contributed by atoms with Gasteiger partial charge < -0.3 is 9.84 Å². The lowest BCUT2D eigenvalue weighted by molar-refractivity contribution is 0.265. The zero-order valence-electron chi connectivity index (χ0n) is 15.9. The molecule has 0 spiro atoms. The topological polar surface area (TPSA) is 68.8 Å². The van der Waals surface area contributed by atoms with Crippen LogP contribution in [0.1, 0.15) is 42.1 Å². The van der Waals surface area contributed by atoms with Gasteiger partial charge in [0.05, 0.1) is 17.7 Å². The van der Waals surface area contributed by atoms with Crippen molar-refractivity contribution in [1.29, 1.82) is 0 Å². The molecule has 1 saturated heterocycles. The SMILES string of the molecule is Cc1cc(C)n(Cc2cccc(-c3noc([C@@]45CCC[C@@H]4CNC5)n3)c2)n1. The molecule has 140 valence electrons. The Labute approximate surface area is 159 Å². The van der Waals surface area contributed by atoms with Gasteiger partial charge in [0.1, 0.15) is 0 Å². The second-order valence-electron chi connectivity index (χ2n) is 8.08. The van der Waals surface area contributed by atoms with E-state index >= 15 is 0 Å². The number of rotatable bonds is 4. The van der Waals surface area contributed by atoms with Crippen LogP contribution in [-0.4, -0.2) is 33.0 Å². The molecule has 2 fully saturated rings. The summed E-state index contributed by atoms with van der Waals surface area (Å²) in [6, 6.07) is 10.5. The van der Waals surface area contributed by atoms with Crippen molar-refractivity contribution < 1.29 is 4.52 Å². The highest BCUT2D eigenvalue weighted by Gasteiger charge is 2.51. The Hall–Kier alpha value is -2.47. The Kier molecular flexibility index (Phi) is 3.90. The Bertz CT molecular complexity index is 963. The average Bonchev–Trinajstić information content (AvgIpc) is 3.39. The minimum Gasteiger partial charge on any atom is -0.338 e. The number of hydrogen-bond donors (Lipinski definition) is 1. The molecule has 0 unspecified atom stereocenters. The van der Waals surface area contributed by atoms with E-state index in [-0.39, 0.29) is 5.41 Å². The molecule has 3 aromatic rings. The normalized spacial score (nSPS) is 24.4. The van der Waals surface area contributed by atoms with Crippen molar-refractivity contribution in [2.24, 2.45) is 5.92 Å². The van der Waals surface area contributed by atoms with E-state index in [4.69, 9.17) is 9.51 Å². The van der Waals surface area contributed by atoms with Crippen LogP contribution in [0.5, 0.6) is 0 Å². The van der Waals surface area contributed by atoms with Crippen molar-refractivity contribution in [3.8, 4) is 11.4 Å². The molecular weight excluding hydrogens is 338 g/mol. The Morgan fingerprint density at radius 3 is 3.07 bits per heavy atom. The van der Waals surface area contributed by atoms with Gasteiger partial charge in [-0.3, -0.25) is 4.68 Å². The van der Waals surface area contributed by atoms with Gasteiger partial charge in [0.2, 0.25) is 11.7 Å². The maximum atomic E-state index is 5.77. The number of nitrogens with one attached hydrogen (secondary N) is 1. The summed E-state index contributed by atoms with van der Waals surface area (Å²) in [7, 11) is 0. The maximum absolute atomic E-state index is 5.77. The number of aromatic nitrogens is 4. The second-order valence-corrected chi connectivity index (χ2v) is 8.08. The lowest BCUT2D eigenvalue weighted by atomic mass is 9.80. The van der Waals surface area contributed by atoms with Gasteiger partial charge in [-0.15, -0.1) is 0 Å². The molecule has 27 heavy (non-hydrogen) atoms. The summed E-state index contributed by atoms with van der Waals surface area (Å²) in [4.78, 5) is 4.83. The van der Waals surface area contributed by atoms with Crippen LogP contribution in [0.2, 0.25) is 0 Å². The van der Waals surface area contributed by atoms with E-state index in [1.165, 1.54) is 24.1 Å². The molecular formula is C21H25N5O. The summed E-state index contributed by atoms with van der Waals surface area (Å²) in [6.07, 6.45) is 3.65. The lowest BCUT2D eigenvalue weighted by Gasteiger charge is -2.22. The van der Waals surface area contributed by atoms with Gasteiger partial charge in [-0.1, -0.05) is 29.8 Å². The first kappa shape index (κ1) is 16.7. The summed E-state index contributed by atoms with van der Waals surface area (Å²) < 4.78 is 7.80. The van der Waals surface area contributed by atoms with Crippen LogP contribution in [-0.2, 0) is 12.0 Å². The largest absolute Gasteiger partial charge is 0.338 e. The van der Waals surface area contributed by atoms with Gasteiger partial charge in [-0.2, -0.15) is 10.1 Å². The van der Waals surface area contributed by atoms with Crippen LogP contribution in [0.3, 0.4) is 0 Å². The molecule has 1 aromatic carbocycles. The molecule has 1 saturated carbocycles. The number of aryl methyl sites for hydroxylation is 2. The molecule has 1 aliphatic carbocycles. The number of hydrogen-bond acceptors (Lipinski definition) is 5. The first-order chi connectivity index (χ1) is 13.1. The molecule has 2 atom stereocenters. The van der Waals surface area contributed by atoms with Crippen LogP contribution in [0, 0.1) is 19.8 Å². The van der Waals surface area contributed by atoms with Crippen LogP contribution < -0.4 is 5.32 Å². The van der Waals surface area contributed by atoms with Crippen LogP contribution in [0.4, 0.5) is 0 Å². The van der Waals surface area contributed by atoms with Crippen LogP contribution in [0.15, 0.2) is 34.9 Å². The predicted molar refractivity (Wildman–Crippen MR) is 102 cm³/mol. The minimum atomic E-state index is 0.0482. The van der Waals surface area contributed by atoms with E-state index in [0.717, 1.165) is 43.2 Å². The summed E-state index contributed by atoms with van der Waals surface area (Å²) >= 11 is 0. The third-order valence-corrected chi connectivity index (χ3v) is 6.26. The highest BCUT2D eigenvalue weighted by atomic mass is 16.5. The summed E-state index contributed by atoms with van der Waals surface area (Å²) in [5.74, 6) is 2.13. The van der Waals surface area contributed by atoms with E-state index < -0.39 is 0 Å².